The van der Waals surface area contributed by atoms with Crippen LogP contribution in [0.15, 0.2) is 29.4 Å². The quantitative estimate of drug-likeness (QED) is 0.841. The predicted molar refractivity (Wildman–Crippen MR) is 77.8 cm³/mol. The summed E-state index contributed by atoms with van der Waals surface area (Å²) in [5, 5.41) is 6.76. The summed E-state index contributed by atoms with van der Waals surface area (Å²) < 4.78 is 26.1. The molecule has 2 aromatic rings. The second kappa shape index (κ2) is 5.43. The molecule has 0 aliphatic carbocycles. The number of halogens is 1. The first kappa shape index (κ1) is 14.8. The number of hydrogen-bond donors (Lipinski definition) is 2. The van der Waals surface area contributed by atoms with Crippen molar-refractivity contribution in [3.8, 4) is 0 Å². The summed E-state index contributed by atoms with van der Waals surface area (Å²) in [5.74, 6) is 0. The van der Waals surface area contributed by atoms with Crippen LogP contribution in [0.3, 0.4) is 0 Å². The Morgan fingerprint density at radius 2 is 2.15 bits per heavy atom. The molecule has 20 heavy (non-hydrogen) atoms. The Labute approximate surface area is 122 Å². The number of aromatic nitrogens is 2. The molecule has 1 aromatic heterocycles. The van der Waals surface area contributed by atoms with E-state index in [1.807, 2.05) is 0 Å². The van der Waals surface area contributed by atoms with E-state index in [9.17, 15) is 8.42 Å². The molecule has 6 nitrogen and oxygen atoms in total. The number of H-pyrrole nitrogens is 1. The van der Waals surface area contributed by atoms with E-state index in [4.69, 9.17) is 17.3 Å². The number of nitrogens with two attached hydrogens (primary N) is 1. The van der Waals surface area contributed by atoms with Gasteiger partial charge in [-0.2, -0.15) is 9.40 Å². The van der Waals surface area contributed by atoms with Gasteiger partial charge in [0.25, 0.3) is 0 Å². The molecule has 0 aliphatic rings. The summed E-state index contributed by atoms with van der Waals surface area (Å²) in [6, 6.07) is 2.83. The first-order valence-corrected chi connectivity index (χ1v) is 7.64. The third-order valence-electron chi connectivity index (χ3n) is 3.03. The molecule has 0 fully saturated rings. The van der Waals surface area contributed by atoms with Crippen molar-refractivity contribution < 1.29 is 8.42 Å². The van der Waals surface area contributed by atoms with E-state index in [0.29, 0.717) is 16.3 Å². The Bertz CT molecular complexity index is 690. The largest absolute Gasteiger partial charge is 0.398 e. The molecule has 0 saturated carbocycles. The molecular weight excluding hydrogens is 300 g/mol. The van der Waals surface area contributed by atoms with Crippen LogP contribution in [0.5, 0.6) is 0 Å². The second-order valence-corrected chi connectivity index (χ2v) is 6.94. The number of anilines is 1. The molecule has 0 saturated heterocycles. The highest BCUT2D eigenvalue weighted by atomic mass is 35.5. The lowest BCUT2D eigenvalue weighted by atomic mass is 10.2. The van der Waals surface area contributed by atoms with Gasteiger partial charge in [0.1, 0.15) is 0 Å². The second-order valence-electron chi connectivity index (χ2n) is 4.49. The lowest BCUT2D eigenvalue weighted by Crippen LogP contribution is -2.26. The van der Waals surface area contributed by atoms with E-state index >= 15 is 0 Å². The van der Waals surface area contributed by atoms with Crippen LogP contribution >= 0.6 is 11.6 Å². The van der Waals surface area contributed by atoms with Crippen molar-refractivity contribution in [2.75, 3.05) is 12.8 Å². The molecule has 1 heterocycles. The molecule has 0 aliphatic heterocycles. The summed E-state index contributed by atoms with van der Waals surface area (Å²) in [5.41, 5.74) is 7.56. The maximum absolute atomic E-state index is 12.5. The maximum atomic E-state index is 12.5. The maximum Gasteiger partial charge on any atom is 0.243 e. The summed E-state index contributed by atoms with van der Waals surface area (Å²) in [6.45, 7) is 1.95. The van der Waals surface area contributed by atoms with Crippen molar-refractivity contribution in [3.05, 3.63) is 40.7 Å². The number of aromatic amines is 1. The van der Waals surface area contributed by atoms with Crippen molar-refractivity contribution in [1.82, 2.24) is 14.5 Å². The molecule has 1 aromatic carbocycles. The molecule has 0 bridgehead atoms. The fourth-order valence-electron chi connectivity index (χ4n) is 1.71. The molecule has 0 radical (unpaired) electrons. The predicted octanol–water partition coefficient (Wildman–Crippen LogP) is 1.77. The molecule has 3 N–H and O–H groups in total. The highest BCUT2D eigenvalue weighted by molar-refractivity contribution is 7.89. The zero-order chi connectivity index (χ0) is 14.9. The normalized spacial score (nSPS) is 12.0. The Balaban J connectivity index is 2.35. The fraction of sp³-hybridized carbons (Fsp3) is 0.250. The van der Waals surface area contributed by atoms with E-state index in [2.05, 4.69) is 10.2 Å². The van der Waals surface area contributed by atoms with Gasteiger partial charge < -0.3 is 5.73 Å². The van der Waals surface area contributed by atoms with Crippen LogP contribution in [0.1, 0.15) is 11.1 Å². The topological polar surface area (TPSA) is 92.1 Å². The van der Waals surface area contributed by atoms with Crippen LogP contribution in [0.4, 0.5) is 5.69 Å². The standard InChI is InChI=1S/C12H15ClN4O2S/c1-8-11(13)3-10(4-12(8)14)20(18,19)17(2)7-9-5-15-16-6-9/h3-6H,7,14H2,1-2H3,(H,15,16). The van der Waals surface area contributed by atoms with Gasteiger partial charge in [-0.3, -0.25) is 5.10 Å². The molecule has 0 amide bonds. The summed E-state index contributed by atoms with van der Waals surface area (Å²) in [7, 11) is -2.16. The molecule has 0 spiro atoms. The summed E-state index contributed by atoms with van der Waals surface area (Å²) in [4.78, 5) is 0.0802. The van der Waals surface area contributed by atoms with Crippen molar-refractivity contribution in [2.24, 2.45) is 0 Å². The Kier molecular flexibility index (Phi) is 4.03. The molecule has 0 unspecified atom stereocenters. The zero-order valence-corrected chi connectivity index (χ0v) is 12.7. The first-order valence-electron chi connectivity index (χ1n) is 5.82. The highest BCUT2D eigenvalue weighted by Crippen LogP contribution is 2.27. The smallest absolute Gasteiger partial charge is 0.243 e. The molecule has 8 heteroatoms. The minimum Gasteiger partial charge on any atom is -0.398 e. The zero-order valence-electron chi connectivity index (χ0n) is 11.1. The average molecular weight is 315 g/mol. The van der Waals surface area contributed by atoms with Crippen LogP contribution in [0, 0.1) is 6.92 Å². The highest BCUT2D eigenvalue weighted by Gasteiger charge is 2.22. The van der Waals surface area contributed by atoms with Crippen LogP contribution in [-0.4, -0.2) is 30.0 Å². The van der Waals surface area contributed by atoms with Crippen LogP contribution in [-0.2, 0) is 16.6 Å². The van der Waals surface area contributed by atoms with Crippen molar-refractivity contribution >= 4 is 27.3 Å². The van der Waals surface area contributed by atoms with Gasteiger partial charge >= 0.3 is 0 Å². The average Bonchev–Trinajstić information content (AvgIpc) is 2.88. The number of nitrogens with one attached hydrogen (secondary N) is 1. The fourth-order valence-corrected chi connectivity index (χ4v) is 3.22. The lowest BCUT2D eigenvalue weighted by molar-refractivity contribution is 0.467. The van der Waals surface area contributed by atoms with Gasteiger partial charge in [-0.1, -0.05) is 11.6 Å². The number of nitrogens with zero attached hydrogens (tertiary/aromatic N) is 2. The van der Waals surface area contributed by atoms with E-state index in [1.165, 1.54) is 23.5 Å². The van der Waals surface area contributed by atoms with Gasteiger partial charge in [-0.25, -0.2) is 8.42 Å². The van der Waals surface area contributed by atoms with Crippen molar-refractivity contribution in [2.45, 2.75) is 18.4 Å². The minimum absolute atomic E-state index is 0.0802. The van der Waals surface area contributed by atoms with Gasteiger partial charge in [0.05, 0.1) is 11.1 Å². The van der Waals surface area contributed by atoms with Crippen molar-refractivity contribution in [3.63, 3.8) is 0 Å². The van der Waals surface area contributed by atoms with E-state index in [0.717, 1.165) is 5.56 Å². The van der Waals surface area contributed by atoms with Gasteiger partial charge in [-0.05, 0) is 24.6 Å². The Morgan fingerprint density at radius 1 is 1.45 bits per heavy atom. The monoisotopic (exact) mass is 314 g/mol. The van der Waals surface area contributed by atoms with E-state index in [-0.39, 0.29) is 11.4 Å². The SMILES string of the molecule is Cc1c(N)cc(S(=O)(=O)N(C)Cc2cn[nH]c2)cc1Cl. The summed E-state index contributed by atoms with van der Waals surface area (Å²) >= 11 is 5.99. The van der Waals surface area contributed by atoms with Crippen LogP contribution < -0.4 is 5.73 Å². The van der Waals surface area contributed by atoms with Crippen LogP contribution in [0.25, 0.3) is 0 Å². The third kappa shape index (κ3) is 2.79. The lowest BCUT2D eigenvalue weighted by Gasteiger charge is -2.17. The van der Waals surface area contributed by atoms with E-state index < -0.39 is 10.0 Å². The van der Waals surface area contributed by atoms with Gasteiger partial charge in [0, 0.05) is 36.1 Å². The van der Waals surface area contributed by atoms with E-state index in [1.54, 1.807) is 19.3 Å². The van der Waals surface area contributed by atoms with Crippen molar-refractivity contribution in [1.29, 1.82) is 0 Å². The molecule has 108 valence electrons. The Hall–Kier alpha value is -1.57. The van der Waals surface area contributed by atoms with Gasteiger partial charge in [0.15, 0.2) is 0 Å². The number of rotatable bonds is 4. The minimum atomic E-state index is -3.65. The number of nitrogen functional groups attached to an aromatic ring is 1. The van der Waals surface area contributed by atoms with Gasteiger partial charge in [0.2, 0.25) is 10.0 Å². The van der Waals surface area contributed by atoms with Gasteiger partial charge in [-0.15, -0.1) is 0 Å². The van der Waals surface area contributed by atoms with Crippen LogP contribution in [0.2, 0.25) is 5.02 Å². The first-order chi connectivity index (χ1) is 9.32. The summed E-state index contributed by atoms with van der Waals surface area (Å²) in [6.07, 6.45) is 3.21. The number of sulfonamides is 1. The molecule has 0 atom stereocenters. The number of hydrogen-bond acceptors (Lipinski definition) is 4. The Morgan fingerprint density at radius 3 is 2.70 bits per heavy atom. The molecular formula is C12H15ClN4O2S. The number of benzene rings is 1. The molecule has 2 rings (SSSR count). The third-order valence-corrected chi connectivity index (χ3v) is 5.20.